The summed E-state index contributed by atoms with van der Waals surface area (Å²) in [5, 5.41) is 6.92. The van der Waals surface area contributed by atoms with Crippen LogP contribution in [0.4, 0.5) is 5.00 Å². The molecule has 0 radical (unpaired) electrons. The van der Waals surface area contributed by atoms with Crippen molar-refractivity contribution >= 4 is 56.8 Å². The van der Waals surface area contributed by atoms with Crippen molar-refractivity contribution in [3.05, 3.63) is 31.5 Å². The summed E-state index contributed by atoms with van der Waals surface area (Å²) in [5.74, 6) is -1.63. The Bertz CT molecular complexity index is 823. The van der Waals surface area contributed by atoms with Gasteiger partial charge in [0.15, 0.2) is 0 Å². The number of nitrogens with zero attached hydrogens (tertiary/aromatic N) is 2. The van der Waals surface area contributed by atoms with Crippen LogP contribution in [-0.4, -0.2) is 41.3 Å². The number of aryl methyl sites for hydroxylation is 1. The minimum Gasteiger partial charge on any atom is -0.465 e. The first kappa shape index (κ1) is 19.4. The largest absolute Gasteiger partial charge is 0.465 e. The molecule has 10 heteroatoms. The molecule has 0 saturated carbocycles. The molecule has 0 saturated heterocycles. The smallest absolute Gasteiger partial charge is 0.348 e. The van der Waals surface area contributed by atoms with Gasteiger partial charge in [-0.15, -0.1) is 11.3 Å². The van der Waals surface area contributed by atoms with Gasteiger partial charge in [0.25, 0.3) is 5.91 Å². The maximum absolute atomic E-state index is 12.6. The summed E-state index contributed by atoms with van der Waals surface area (Å²) in [6.07, 6.45) is 1.56. The van der Waals surface area contributed by atoms with Crippen LogP contribution >= 0.6 is 33.9 Å². The average Bonchev–Trinajstić information content (AvgIpc) is 3.06. The lowest BCUT2D eigenvalue weighted by Crippen LogP contribution is -2.18. The Labute approximate surface area is 161 Å². The Morgan fingerprint density at radius 3 is 2.56 bits per heavy atom. The minimum absolute atomic E-state index is 0.140. The molecular weight excluding hydrogens is 461 g/mol. The molecule has 2 rings (SSSR count). The maximum atomic E-state index is 12.6. The second-order valence-corrected chi connectivity index (χ2v) is 7.07. The monoisotopic (exact) mass is 477 g/mol. The van der Waals surface area contributed by atoms with Gasteiger partial charge in [0, 0.05) is 7.05 Å². The fraction of sp³-hybridized carbons (Fsp3) is 0.333. The SMILES string of the molecule is CCOC(=O)c1sc(NC(=O)c2c(I)cnn2C)c(C(=O)OC)c1C. The van der Waals surface area contributed by atoms with Gasteiger partial charge in [-0.05, 0) is 42.0 Å². The number of halogens is 1. The molecule has 0 aliphatic rings. The Kier molecular flexibility index (Phi) is 6.16. The van der Waals surface area contributed by atoms with Crippen molar-refractivity contribution in [1.29, 1.82) is 0 Å². The molecule has 2 aromatic heterocycles. The number of ether oxygens (including phenoxy) is 2. The first-order valence-electron chi connectivity index (χ1n) is 7.19. The first-order chi connectivity index (χ1) is 11.8. The van der Waals surface area contributed by atoms with E-state index in [0.717, 1.165) is 11.3 Å². The summed E-state index contributed by atoms with van der Waals surface area (Å²) in [6, 6.07) is 0. The molecule has 0 atom stereocenters. The number of thiophene rings is 1. The van der Waals surface area contributed by atoms with Crippen LogP contribution in [0.25, 0.3) is 0 Å². The lowest BCUT2D eigenvalue weighted by Gasteiger charge is -2.06. The highest BCUT2D eigenvalue weighted by Crippen LogP contribution is 2.34. The van der Waals surface area contributed by atoms with Crippen molar-refractivity contribution in [1.82, 2.24) is 9.78 Å². The first-order valence-corrected chi connectivity index (χ1v) is 9.08. The predicted molar refractivity (Wildman–Crippen MR) is 100 cm³/mol. The van der Waals surface area contributed by atoms with E-state index in [1.165, 1.54) is 11.8 Å². The molecule has 0 aliphatic heterocycles. The minimum atomic E-state index is -0.640. The zero-order valence-electron chi connectivity index (χ0n) is 14.0. The number of hydrogen-bond acceptors (Lipinski definition) is 7. The molecule has 134 valence electrons. The number of methoxy groups -OCH3 is 1. The average molecular weight is 477 g/mol. The van der Waals surface area contributed by atoms with E-state index in [1.54, 1.807) is 27.1 Å². The van der Waals surface area contributed by atoms with Crippen molar-refractivity contribution in [3.8, 4) is 0 Å². The summed E-state index contributed by atoms with van der Waals surface area (Å²) in [6.45, 7) is 3.51. The van der Waals surface area contributed by atoms with Crippen molar-refractivity contribution in [3.63, 3.8) is 0 Å². The topological polar surface area (TPSA) is 99.5 Å². The molecule has 2 aromatic rings. The van der Waals surface area contributed by atoms with E-state index >= 15 is 0 Å². The van der Waals surface area contributed by atoms with Crippen LogP contribution in [-0.2, 0) is 16.5 Å². The van der Waals surface area contributed by atoms with Gasteiger partial charge in [-0.25, -0.2) is 9.59 Å². The zero-order chi connectivity index (χ0) is 18.7. The van der Waals surface area contributed by atoms with E-state index in [1.807, 2.05) is 22.6 Å². The van der Waals surface area contributed by atoms with Crippen molar-refractivity contribution in [2.75, 3.05) is 19.0 Å². The molecule has 0 aliphatic carbocycles. The third-order valence-electron chi connectivity index (χ3n) is 3.33. The summed E-state index contributed by atoms with van der Waals surface area (Å²) >= 11 is 2.97. The van der Waals surface area contributed by atoms with Crippen LogP contribution < -0.4 is 5.32 Å². The van der Waals surface area contributed by atoms with Gasteiger partial charge in [-0.1, -0.05) is 0 Å². The Morgan fingerprint density at radius 1 is 1.36 bits per heavy atom. The maximum Gasteiger partial charge on any atom is 0.348 e. The number of anilines is 1. The number of carbonyl (C=O) groups is 3. The second kappa shape index (κ2) is 7.95. The highest BCUT2D eigenvalue weighted by atomic mass is 127. The quantitative estimate of drug-likeness (QED) is 0.525. The van der Waals surface area contributed by atoms with E-state index in [2.05, 4.69) is 10.4 Å². The summed E-state index contributed by atoms with van der Waals surface area (Å²) < 4.78 is 11.9. The normalized spacial score (nSPS) is 10.4. The Hall–Kier alpha value is -1.95. The molecule has 1 N–H and O–H groups in total. The highest BCUT2D eigenvalue weighted by molar-refractivity contribution is 14.1. The van der Waals surface area contributed by atoms with E-state index in [-0.39, 0.29) is 22.0 Å². The molecule has 0 bridgehead atoms. The van der Waals surface area contributed by atoms with Gasteiger partial charge >= 0.3 is 11.9 Å². The van der Waals surface area contributed by atoms with E-state index in [9.17, 15) is 14.4 Å². The van der Waals surface area contributed by atoms with Gasteiger partial charge < -0.3 is 14.8 Å². The number of esters is 2. The number of aromatic nitrogens is 2. The standard InChI is InChI=1S/C15H16IN3O5S/c1-5-24-15(22)11-7(2)9(14(21)23-4)13(25-11)18-12(20)10-8(16)6-17-19(10)3/h6H,5H2,1-4H3,(H,18,20). The van der Waals surface area contributed by atoms with Gasteiger partial charge in [0.2, 0.25) is 0 Å². The van der Waals surface area contributed by atoms with Crippen LogP contribution in [0.1, 0.15) is 43.0 Å². The van der Waals surface area contributed by atoms with Crippen LogP contribution in [0.5, 0.6) is 0 Å². The molecule has 1 amide bonds. The number of hydrogen-bond donors (Lipinski definition) is 1. The van der Waals surface area contributed by atoms with Gasteiger partial charge in [-0.3, -0.25) is 9.48 Å². The predicted octanol–water partition coefficient (Wildman–Crippen LogP) is 2.61. The van der Waals surface area contributed by atoms with E-state index < -0.39 is 17.8 Å². The van der Waals surface area contributed by atoms with E-state index in [0.29, 0.717) is 14.8 Å². The molecular formula is C15H16IN3O5S. The number of amides is 1. The van der Waals surface area contributed by atoms with Gasteiger partial charge in [0.1, 0.15) is 15.6 Å². The zero-order valence-corrected chi connectivity index (χ0v) is 17.0. The fourth-order valence-electron chi connectivity index (χ4n) is 2.17. The number of rotatable bonds is 5. The molecule has 0 spiro atoms. The van der Waals surface area contributed by atoms with E-state index in [4.69, 9.17) is 9.47 Å². The van der Waals surface area contributed by atoms with Crippen molar-refractivity contribution in [2.45, 2.75) is 13.8 Å². The van der Waals surface area contributed by atoms with Crippen LogP contribution in [0.3, 0.4) is 0 Å². The molecule has 2 heterocycles. The van der Waals surface area contributed by atoms with Crippen molar-refractivity contribution in [2.24, 2.45) is 7.05 Å². The van der Waals surface area contributed by atoms with Crippen molar-refractivity contribution < 1.29 is 23.9 Å². The second-order valence-electron chi connectivity index (χ2n) is 4.89. The third-order valence-corrected chi connectivity index (χ3v) is 5.31. The third kappa shape index (κ3) is 3.84. The molecule has 0 aromatic carbocycles. The summed E-state index contributed by atoms with van der Waals surface area (Å²) in [7, 11) is 2.88. The summed E-state index contributed by atoms with van der Waals surface area (Å²) in [5.41, 5.74) is 0.895. The fourth-order valence-corrected chi connectivity index (χ4v) is 3.97. The molecule has 8 nitrogen and oxygen atoms in total. The molecule has 0 unspecified atom stereocenters. The highest BCUT2D eigenvalue weighted by Gasteiger charge is 2.28. The van der Waals surface area contributed by atoms with Crippen LogP contribution in [0, 0.1) is 10.5 Å². The molecule has 0 fully saturated rings. The van der Waals surface area contributed by atoms with Gasteiger partial charge in [0.05, 0.1) is 29.0 Å². The van der Waals surface area contributed by atoms with Crippen LogP contribution in [0.2, 0.25) is 0 Å². The Morgan fingerprint density at radius 2 is 2.04 bits per heavy atom. The lowest BCUT2D eigenvalue weighted by atomic mass is 10.1. The summed E-state index contributed by atoms with van der Waals surface area (Å²) in [4.78, 5) is 37.0. The van der Waals surface area contributed by atoms with Crippen LogP contribution in [0.15, 0.2) is 6.20 Å². The van der Waals surface area contributed by atoms with Gasteiger partial charge in [-0.2, -0.15) is 5.10 Å². The number of carbonyl (C=O) groups excluding carboxylic acids is 3. The Balaban J connectivity index is 2.45. The lowest BCUT2D eigenvalue weighted by molar-refractivity contribution is 0.0531. The number of nitrogens with one attached hydrogen (secondary N) is 1. The molecule has 25 heavy (non-hydrogen) atoms.